The quantitative estimate of drug-likeness (QED) is 0.669. The lowest BCUT2D eigenvalue weighted by atomic mass is 9.92. The molecule has 5 heteroatoms. The number of hydrogen-bond acceptors (Lipinski definition) is 5. The molecule has 0 fully saturated rings. The number of ether oxygens (including phenoxy) is 2. The van der Waals surface area contributed by atoms with Gasteiger partial charge in [0.25, 0.3) is 0 Å². The summed E-state index contributed by atoms with van der Waals surface area (Å²) in [5.41, 5.74) is 1.80. The number of aromatic hydroxyl groups is 1. The van der Waals surface area contributed by atoms with E-state index >= 15 is 0 Å². The van der Waals surface area contributed by atoms with Crippen LogP contribution >= 0.6 is 0 Å². The molecule has 0 radical (unpaired) electrons. The SMILES string of the molecule is CCCc1c(O)c(C(C)=O)cc2c1OC(C(=O)OCC)CC2. The van der Waals surface area contributed by atoms with Crippen LogP contribution in [0.15, 0.2) is 6.07 Å². The van der Waals surface area contributed by atoms with E-state index in [4.69, 9.17) is 9.47 Å². The smallest absolute Gasteiger partial charge is 0.347 e. The Morgan fingerprint density at radius 2 is 2.14 bits per heavy atom. The van der Waals surface area contributed by atoms with Crippen molar-refractivity contribution < 1.29 is 24.2 Å². The van der Waals surface area contributed by atoms with Crippen LogP contribution in [0.2, 0.25) is 0 Å². The molecule has 0 amide bonds. The largest absolute Gasteiger partial charge is 0.507 e. The molecule has 22 heavy (non-hydrogen) atoms. The fraction of sp³-hybridized carbons (Fsp3) is 0.529. The molecular formula is C17H22O5. The molecule has 1 heterocycles. The molecule has 5 nitrogen and oxygen atoms in total. The van der Waals surface area contributed by atoms with Gasteiger partial charge in [-0.1, -0.05) is 13.3 Å². The molecule has 1 aliphatic heterocycles. The fourth-order valence-electron chi connectivity index (χ4n) is 2.74. The number of rotatable bonds is 5. The van der Waals surface area contributed by atoms with Crippen molar-refractivity contribution >= 4 is 11.8 Å². The highest BCUT2D eigenvalue weighted by molar-refractivity contribution is 5.98. The van der Waals surface area contributed by atoms with Crippen molar-refractivity contribution in [2.45, 2.75) is 52.6 Å². The summed E-state index contributed by atoms with van der Waals surface area (Å²) in [7, 11) is 0. The molecule has 1 aromatic rings. The topological polar surface area (TPSA) is 72.8 Å². The normalized spacial score (nSPS) is 16.6. The molecule has 0 aliphatic carbocycles. The van der Waals surface area contributed by atoms with E-state index in [1.165, 1.54) is 6.92 Å². The number of carbonyl (C=O) groups is 2. The van der Waals surface area contributed by atoms with Crippen LogP contribution in [0.25, 0.3) is 0 Å². The number of aryl methyl sites for hydroxylation is 1. The second-order valence-corrected chi connectivity index (χ2v) is 5.44. The third-order valence-electron chi connectivity index (χ3n) is 3.79. The molecule has 1 unspecified atom stereocenters. The number of carbonyl (C=O) groups excluding carboxylic acids is 2. The van der Waals surface area contributed by atoms with Crippen molar-refractivity contribution in [3.8, 4) is 11.5 Å². The Bertz CT molecular complexity index is 591. The van der Waals surface area contributed by atoms with Gasteiger partial charge >= 0.3 is 5.97 Å². The number of esters is 1. The molecule has 120 valence electrons. The van der Waals surface area contributed by atoms with Crippen LogP contribution < -0.4 is 4.74 Å². The lowest BCUT2D eigenvalue weighted by Gasteiger charge is -2.27. The average Bonchev–Trinajstić information content (AvgIpc) is 2.49. The first kappa shape index (κ1) is 16.3. The van der Waals surface area contributed by atoms with Gasteiger partial charge < -0.3 is 14.6 Å². The Hall–Kier alpha value is -2.04. The highest BCUT2D eigenvalue weighted by Gasteiger charge is 2.31. The zero-order chi connectivity index (χ0) is 16.3. The third kappa shape index (κ3) is 3.08. The molecular weight excluding hydrogens is 284 g/mol. The number of hydrogen-bond donors (Lipinski definition) is 1. The first-order valence-corrected chi connectivity index (χ1v) is 7.71. The summed E-state index contributed by atoms with van der Waals surface area (Å²) in [6, 6.07) is 1.67. The van der Waals surface area contributed by atoms with Gasteiger partial charge in [0.15, 0.2) is 11.9 Å². The summed E-state index contributed by atoms with van der Waals surface area (Å²) in [6.45, 7) is 5.48. The van der Waals surface area contributed by atoms with Gasteiger partial charge in [-0.25, -0.2) is 4.79 Å². The van der Waals surface area contributed by atoms with Crippen LogP contribution in [0.1, 0.15) is 55.1 Å². The minimum absolute atomic E-state index is 0.0300. The number of phenolic OH excluding ortho intramolecular Hbond substituents is 1. The van der Waals surface area contributed by atoms with E-state index < -0.39 is 6.10 Å². The first-order valence-electron chi connectivity index (χ1n) is 7.71. The zero-order valence-corrected chi connectivity index (χ0v) is 13.3. The number of Topliss-reactive ketones (excluding diaryl/α,β-unsaturated/α-hetero) is 1. The van der Waals surface area contributed by atoms with Gasteiger partial charge in [-0.2, -0.15) is 0 Å². The predicted octanol–water partition coefficient (Wildman–Crippen LogP) is 2.80. The summed E-state index contributed by atoms with van der Waals surface area (Å²) >= 11 is 0. The zero-order valence-electron chi connectivity index (χ0n) is 13.3. The third-order valence-corrected chi connectivity index (χ3v) is 3.79. The minimum atomic E-state index is -0.648. The Balaban J connectivity index is 2.43. The summed E-state index contributed by atoms with van der Waals surface area (Å²) in [4.78, 5) is 23.6. The van der Waals surface area contributed by atoms with E-state index in [0.717, 1.165) is 12.0 Å². The van der Waals surface area contributed by atoms with E-state index in [2.05, 4.69) is 0 Å². The average molecular weight is 306 g/mol. The van der Waals surface area contributed by atoms with Gasteiger partial charge in [-0.05, 0) is 44.7 Å². The van der Waals surface area contributed by atoms with Gasteiger partial charge in [0.2, 0.25) is 0 Å². The molecule has 0 saturated carbocycles. The Morgan fingerprint density at radius 3 is 2.73 bits per heavy atom. The second-order valence-electron chi connectivity index (χ2n) is 5.44. The fourth-order valence-corrected chi connectivity index (χ4v) is 2.74. The molecule has 0 spiro atoms. The van der Waals surface area contributed by atoms with Crippen molar-refractivity contribution in [3.63, 3.8) is 0 Å². The first-order chi connectivity index (χ1) is 10.5. The standard InChI is InChI=1S/C17H22O5/c1-4-6-12-15(19)13(10(3)18)9-11-7-8-14(22-16(11)12)17(20)21-5-2/h9,14,19H,4-8H2,1-3H3. The lowest BCUT2D eigenvalue weighted by molar-refractivity contribution is -0.152. The number of benzene rings is 1. The van der Waals surface area contributed by atoms with Gasteiger partial charge in [-0.3, -0.25) is 4.79 Å². The van der Waals surface area contributed by atoms with Crippen molar-refractivity contribution in [3.05, 3.63) is 22.8 Å². The van der Waals surface area contributed by atoms with Crippen LogP contribution in [0.4, 0.5) is 0 Å². The molecule has 1 atom stereocenters. The Morgan fingerprint density at radius 1 is 1.41 bits per heavy atom. The molecule has 1 N–H and O–H groups in total. The maximum absolute atomic E-state index is 11.9. The second kappa shape index (κ2) is 6.81. The monoisotopic (exact) mass is 306 g/mol. The lowest BCUT2D eigenvalue weighted by Crippen LogP contribution is -2.33. The van der Waals surface area contributed by atoms with E-state index in [1.807, 2.05) is 6.92 Å². The van der Waals surface area contributed by atoms with E-state index in [-0.39, 0.29) is 17.5 Å². The van der Waals surface area contributed by atoms with Crippen LogP contribution in [0.3, 0.4) is 0 Å². The van der Waals surface area contributed by atoms with Gasteiger partial charge in [0.05, 0.1) is 12.2 Å². The van der Waals surface area contributed by atoms with Gasteiger partial charge in [0, 0.05) is 5.56 Å². The molecule has 1 aliphatic rings. The van der Waals surface area contributed by atoms with Crippen LogP contribution in [-0.2, 0) is 22.4 Å². The predicted molar refractivity (Wildman–Crippen MR) is 81.5 cm³/mol. The van der Waals surface area contributed by atoms with Crippen LogP contribution in [0.5, 0.6) is 11.5 Å². The van der Waals surface area contributed by atoms with Crippen molar-refractivity contribution in [1.29, 1.82) is 0 Å². The number of ketones is 1. The van der Waals surface area contributed by atoms with E-state index in [0.29, 0.717) is 42.7 Å². The maximum Gasteiger partial charge on any atom is 0.347 e. The number of phenols is 1. The van der Waals surface area contributed by atoms with Crippen molar-refractivity contribution in [2.75, 3.05) is 6.61 Å². The minimum Gasteiger partial charge on any atom is -0.507 e. The van der Waals surface area contributed by atoms with Gasteiger partial charge in [-0.15, -0.1) is 0 Å². The van der Waals surface area contributed by atoms with Crippen LogP contribution in [-0.4, -0.2) is 29.6 Å². The molecule has 0 aromatic heterocycles. The highest BCUT2D eigenvalue weighted by Crippen LogP contribution is 2.40. The summed E-state index contributed by atoms with van der Waals surface area (Å²) < 4.78 is 10.8. The van der Waals surface area contributed by atoms with Crippen LogP contribution in [0, 0.1) is 0 Å². The molecule has 2 rings (SSSR count). The molecule has 0 bridgehead atoms. The molecule has 1 aromatic carbocycles. The summed E-state index contributed by atoms with van der Waals surface area (Å²) in [5.74, 6) is -0.0536. The summed E-state index contributed by atoms with van der Waals surface area (Å²) in [5, 5.41) is 10.4. The summed E-state index contributed by atoms with van der Waals surface area (Å²) in [6.07, 6.45) is 1.88. The van der Waals surface area contributed by atoms with E-state index in [9.17, 15) is 14.7 Å². The maximum atomic E-state index is 11.9. The molecule has 0 saturated heterocycles. The van der Waals surface area contributed by atoms with Crippen molar-refractivity contribution in [1.82, 2.24) is 0 Å². The van der Waals surface area contributed by atoms with Gasteiger partial charge in [0.1, 0.15) is 11.5 Å². The van der Waals surface area contributed by atoms with E-state index in [1.54, 1.807) is 13.0 Å². The Kier molecular flexibility index (Phi) is 5.06. The highest BCUT2D eigenvalue weighted by atomic mass is 16.6. The van der Waals surface area contributed by atoms with Crippen molar-refractivity contribution in [2.24, 2.45) is 0 Å². The number of fused-ring (bicyclic) bond motifs is 1. The Labute approximate surface area is 130 Å².